The maximum atomic E-state index is 11.3. The normalized spacial score (nSPS) is 22.8. The molecule has 3 N–H and O–H groups in total. The molecule has 1 fully saturated rings. The summed E-state index contributed by atoms with van der Waals surface area (Å²) in [4.78, 5) is 15.8. The third-order valence-corrected chi connectivity index (χ3v) is 2.82. The highest BCUT2D eigenvalue weighted by Gasteiger charge is 2.22. The van der Waals surface area contributed by atoms with Crippen LogP contribution in [0.1, 0.15) is 13.3 Å². The molecular formula is C9H20N4O. The number of nitrogens with two attached hydrogens (primary N) is 1. The molecule has 0 aromatic rings. The van der Waals surface area contributed by atoms with E-state index >= 15 is 0 Å². The number of hydrogen-bond donors (Lipinski definition) is 2. The zero-order valence-corrected chi connectivity index (χ0v) is 8.99. The average Bonchev–Trinajstić information content (AvgIpc) is 2.40. The van der Waals surface area contributed by atoms with Crippen LogP contribution in [0.5, 0.6) is 0 Å². The number of nitrogens with one attached hydrogen (secondary N) is 1. The number of likely N-dealkylation sites (N-methyl/N-ethyl adjacent to an activating group) is 1. The van der Waals surface area contributed by atoms with Gasteiger partial charge in [-0.2, -0.15) is 0 Å². The second kappa shape index (κ2) is 5.29. The summed E-state index contributed by atoms with van der Waals surface area (Å²) < 4.78 is 0. The van der Waals surface area contributed by atoms with Crippen LogP contribution in [0.2, 0.25) is 0 Å². The van der Waals surface area contributed by atoms with Crippen molar-refractivity contribution in [1.29, 1.82) is 0 Å². The third kappa shape index (κ3) is 2.94. The molecule has 1 atom stereocenters. The molecule has 5 heteroatoms. The zero-order valence-electron chi connectivity index (χ0n) is 8.99. The van der Waals surface area contributed by atoms with E-state index in [0.717, 1.165) is 32.6 Å². The van der Waals surface area contributed by atoms with Crippen LogP contribution in [0.25, 0.3) is 0 Å². The molecule has 1 amide bonds. The first-order valence-corrected chi connectivity index (χ1v) is 5.08. The molecule has 1 aliphatic heterocycles. The summed E-state index contributed by atoms with van der Waals surface area (Å²) in [5.74, 6) is 5.01. The maximum Gasteiger partial charge on any atom is 0.250 e. The first-order valence-electron chi connectivity index (χ1n) is 5.08. The van der Waals surface area contributed by atoms with Crippen molar-refractivity contribution < 1.29 is 4.79 Å². The average molecular weight is 200 g/mol. The van der Waals surface area contributed by atoms with Gasteiger partial charge in [-0.3, -0.25) is 15.1 Å². The lowest BCUT2D eigenvalue weighted by Gasteiger charge is -2.25. The molecular weight excluding hydrogens is 180 g/mol. The standard InChI is InChI=1S/C9H20N4O/c1-8(9(14)11-10)13-5-3-4-12(2)6-7-13/h8H,3-7,10H2,1-2H3,(H,11,14). The van der Waals surface area contributed by atoms with Crippen molar-refractivity contribution >= 4 is 5.91 Å². The van der Waals surface area contributed by atoms with E-state index < -0.39 is 0 Å². The largest absolute Gasteiger partial charge is 0.305 e. The molecule has 1 heterocycles. The monoisotopic (exact) mass is 200 g/mol. The summed E-state index contributed by atoms with van der Waals surface area (Å²) in [6.45, 7) is 5.92. The molecule has 1 rings (SSSR count). The predicted molar refractivity (Wildman–Crippen MR) is 55.5 cm³/mol. The Balaban J connectivity index is 2.46. The highest BCUT2D eigenvalue weighted by molar-refractivity contribution is 5.80. The number of hydrogen-bond acceptors (Lipinski definition) is 4. The third-order valence-electron chi connectivity index (χ3n) is 2.82. The van der Waals surface area contributed by atoms with Crippen LogP contribution in [0.15, 0.2) is 0 Å². The van der Waals surface area contributed by atoms with Crippen molar-refractivity contribution in [1.82, 2.24) is 15.2 Å². The number of nitrogens with zero attached hydrogens (tertiary/aromatic N) is 2. The van der Waals surface area contributed by atoms with Gasteiger partial charge in [0.25, 0.3) is 5.91 Å². The molecule has 5 nitrogen and oxygen atoms in total. The van der Waals surface area contributed by atoms with E-state index in [0.29, 0.717) is 0 Å². The van der Waals surface area contributed by atoms with Gasteiger partial charge in [-0.05, 0) is 26.9 Å². The maximum absolute atomic E-state index is 11.3. The van der Waals surface area contributed by atoms with Crippen molar-refractivity contribution in [3.05, 3.63) is 0 Å². The van der Waals surface area contributed by atoms with Gasteiger partial charge < -0.3 is 4.90 Å². The van der Waals surface area contributed by atoms with Crippen molar-refractivity contribution in [3.8, 4) is 0 Å². The second-order valence-electron chi connectivity index (χ2n) is 3.88. The van der Waals surface area contributed by atoms with Crippen LogP contribution >= 0.6 is 0 Å². The fraction of sp³-hybridized carbons (Fsp3) is 0.889. The molecule has 0 aromatic heterocycles. The topological polar surface area (TPSA) is 61.6 Å². The number of carbonyl (C=O) groups excluding carboxylic acids is 1. The highest BCUT2D eigenvalue weighted by atomic mass is 16.2. The van der Waals surface area contributed by atoms with Gasteiger partial charge in [-0.15, -0.1) is 0 Å². The minimum Gasteiger partial charge on any atom is -0.305 e. The fourth-order valence-electron chi connectivity index (χ4n) is 1.74. The van der Waals surface area contributed by atoms with E-state index in [2.05, 4.69) is 22.3 Å². The summed E-state index contributed by atoms with van der Waals surface area (Å²) in [5, 5.41) is 0. The number of carbonyl (C=O) groups is 1. The van der Waals surface area contributed by atoms with Gasteiger partial charge in [0.05, 0.1) is 6.04 Å². The zero-order chi connectivity index (χ0) is 10.6. The van der Waals surface area contributed by atoms with Crippen LogP contribution in [0, 0.1) is 0 Å². The minimum absolute atomic E-state index is 0.102. The molecule has 82 valence electrons. The highest BCUT2D eigenvalue weighted by Crippen LogP contribution is 2.05. The van der Waals surface area contributed by atoms with E-state index in [1.807, 2.05) is 6.92 Å². The first-order chi connectivity index (χ1) is 6.65. The van der Waals surface area contributed by atoms with Gasteiger partial charge in [0, 0.05) is 19.6 Å². The lowest BCUT2D eigenvalue weighted by atomic mass is 10.2. The molecule has 0 aliphatic carbocycles. The van der Waals surface area contributed by atoms with Crippen molar-refractivity contribution in [3.63, 3.8) is 0 Å². The Morgan fingerprint density at radius 3 is 2.71 bits per heavy atom. The van der Waals surface area contributed by atoms with Crippen LogP contribution < -0.4 is 11.3 Å². The van der Waals surface area contributed by atoms with Gasteiger partial charge in [0.1, 0.15) is 0 Å². The minimum atomic E-state index is -0.119. The van der Waals surface area contributed by atoms with Gasteiger partial charge in [0.15, 0.2) is 0 Å². The molecule has 1 saturated heterocycles. The van der Waals surface area contributed by atoms with Crippen molar-refractivity contribution in [2.45, 2.75) is 19.4 Å². The second-order valence-corrected chi connectivity index (χ2v) is 3.88. The van der Waals surface area contributed by atoms with E-state index in [-0.39, 0.29) is 11.9 Å². The Morgan fingerprint density at radius 1 is 1.36 bits per heavy atom. The lowest BCUT2D eigenvalue weighted by Crippen LogP contribution is -2.48. The van der Waals surface area contributed by atoms with Crippen LogP contribution in [-0.2, 0) is 4.79 Å². The molecule has 0 spiro atoms. The molecule has 0 saturated carbocycles. The van der Waals surface area contributed by atoms with Crippen LogP contribution in [0.3, 0.4) is 0 Å². The van der Waals surface area contributed by atoms with E-state index in [1.54, 1.807) is 0 Å². The van der Waals surface area contributed by atoms with Crippen molar-refractivity contribution in [2.75, 3.05) is 33.2 Å². The van der Waals surface area contributed by atoms with E-state index in [4.69, 9.17) is 5.84 Å². The van der Waals surface area contributed by atoms with Crippen molar-refractivity contribution in [2.24, 2.45) is 5.84 Å². The smallest absolute Gasteiger partial charge is 0.250 e. The van der Waals surface area contributed by atoms with Gasteiger partial charge >= 0.3 is 0 Å². The van der Waals surface area contributed by atoms with E-state index in [9.17, 15) is 4.79 Å². The predicted octanol–water partition coefficient (Wildman–Crippen LogP) is -0.998. The van der Waals surface area contributed by atoms with E-state index in [1.165, 1.54) is 0 Å². The molecule has 0 bridgehead atoms. The Hall–Kier alpha value is -0.650. The molecule has 0 radical (unpaired) electrons. The summed E-state index contributed by atoms with van der Waals surface area (Å²) in [6, 6.07) is -0.119. The van der Waals surface area contributed by atoms with Crippen LogP contribution in [0.4, 0.5) is 0 Å². The molecule has 1 unspecified atom stereocenters. The lowest BCUT2D eigenvalue weighted by molar-refractivity contribution is -0.125. The number of hydrazine groups is 1. The fourth-order valence-corrected chi connectivity index (χ4v) is 1.74. The Kier molecular flexibility index (Phi) is 4.31. The summed E-state index contributed by atoms with van der Waals surface area (Å²) in [6.07, 6.45) is 1.11. The van der Waals surface area contributed by atoms with Gasteiger partial charge in [-0.1, -0.05) is 0 Å². The SMILES string of the molecule is CC(C(=O)NN)N1CCCN(C)CC1. The summed E-state index contributed by atoms with van der Waals surface area (Å²) in [7, 11) is 2.11. The first kappa shape index (κ1) is 11.4. The van der Waals surface area contributed by atoms with Gasteiger partial charge in [-0.25, -0.2) is 5.84 Å². The Morgan fingerprint density at radius 2 is 2.07 bits per heavy atom. The Labute approximate surface area is 85.2 Å². The molecule has 0 aromatic carbocycles. The quantitative estimate of drug-likeness (QED) is 0.341. The molecule has 14 heavy (non-hydrogen) atoms. The number of amides is 1. The van der Waals surface area contributed by atoms with Gasteiger partial charge in [0.2, 0.25) is 0 Å². The molecule has 1 aliphatic rings. The van der Waals surface area contributed by atoms with Crippen LogP contribution in [-0.4, -0.2) is 55.0 Å². The summed E-state index contributed by atoms with van der Waals surface area (Å²) >= 11 is 0. The number of rotatable bonds is 2. The summed E-state index contributed by atoms with van der Waals surface area (Å²) in [5.41, 5.74) is 2.20. The Bertz CT molecular complexity index is 197.